The van der Waals surface area contributed by atoms with Crippen LogP contribution in [0.5, 0.6) is 17.2 Å². The molecular formula is C24H17Cl4F3O3. The molecule has 0 heterocycles. The molecule has 34 heavy (non-hydrogen) atoms. The van der Waals surface area contributed by atoms with Crippen LogP contribution in [0.1, 0.15) is 16.7 Å². The van der Waals surface area contributed by atoms with Crippen molar-refractivity contribution in [3.63, 3.8) is 0 Å². The normalized spacial score (nSPS) is 11.1. The number of benzene rings is 3. The van der Waals surface area contributed by atoms with Crippen molar-refractivity contribution < 1.29 is 27.4 Å². The fourth-order valence-electron chi connectivity index (χ4n) is 2.84. The van der Waals surface area contributed by atoms with E-state index in [2.05, 4.69) is 0 Å². The van der Waals surface area contributed by atoms with Gasteiger partial charge in [0, 0.05) is 12.1 Å². The molecule has 0 unspecified atom stereocenters. The zero-order valence-electron chi connectivity index (χ0n) is 17.3. The molecule has 3 nitrogen and oxygen atoms in total. The molecular weight excluding hydrogens is 535 g/mol. The topological polar surface area (TPSA) is 27.7 Å². The fraction of sp³-hybridized carbons (Fsp3) is 0.167. The van der Waals surface area contributed by atoms with Crippen LogP contribution >= 0.6 is 46.4 Å². The predicted octanol–water partition coefficient (Wildman–Crippen LogP) is 8.87. The van der Waals surface area contributed by atoms with Gasteiger partial charge in [0.05, 0.1) is 15.6 Å². The van der Waals surface area contributed by atoms with Crippen LogP contribution in [0.3, 0.4) is 0 Å². The largest absolute Gasteiger partial charge is 0.489 e. The van der Waals surface area contributed by atoms with Gasteiger partial charge < -0.3 is 14.2 Å². The molecule has 0 amide bonds. The highest BCUT2D eigenvalue weighted by molar-refractivity contribution is 6.55. The summed E-state index contributed by atoms with van der Waals surface area (Å²) in [5.41, 5.74) is 0.428. The van der Waals surface area contributed by atoms with Gasteiger partial charge >= 0.3 is 6.18 Å². The second kappa shape index (κ2) is 11.9. The average molecular weight is 552 g/mol. The lowest BCUT2D eigenvalue weighted by Gasteiger charge is -2.13. The predicted molar refractivity (Wildman–Crippen MR) is 128 cm³/mol. The lowest BCUT2D eigenvalue weighted by molar-refractivity contribution is -0.137. The number of alkyl halides is 3. The molecule has 3 aromatic rings. The minimum Gasteiger partial charge on any atom is -0.489 e. The van der Waals surface area contributed by atoms with Crippen LogP contribution in [0, 0.1) is 0 Å². The summed E-state index contributed by atoms with van der Waals surface area (Å²) >= 11 is 23.6. The molecule has 0 atom stereocenters. The van der Waals surface area contributed by atoms with Crippen molar-refractivity contribution in [2.45, 2.75) is 19.4 Å². The van der Waals surface area contributed by atoms with Gasteiger partial charge in [-0.25, -0.2) is 0 Å². The Hall–Kier alpha value is -2.25. The van der Waals surface area contributed by atoms with E-state index in [-0.39, 0.29) is 40.1 Å². The standard InChI is InChI=1S/C24H17Cl4F3O3/c25-20-11-19(32-8-7-22(27)28)12-21(26)23(20)34-14-16-4-2-6-18(10-16)33-13-15-3-1-5-17(9-15)24(29,30)31/h1-7,9-12H,8,13-14H2. The van der Waals surface area contributed by atoms with Crippen molar-refractivity contribution in [2.75, 3.05) is 6.61 Å². The van der Waals surface area contributed by atoms with Gasteiger partial charge in [-0.1, -0.05) is 70.7 Å². The van der Waals surface area contributed by atoms with E-state index in [0.29, 0.717) is 17.1 Å². The molecule has 0 saturated carbocycles. The Labute approximate surface area is 214 Å². The zero-order valence-corrected chi connectivity index (χ0v) is 20.4. The van der Waals surface area contributed by atoms with Crippen LogP contribution in [0.2, 0.25) is 10.0 Å². The minimum atomic E-state index is -4.41. The summed E-state index contributed by atoms with van der Waals surface area (Å²) in [4.78, 5) is 0. The van der Waals surface area contributed by atoms with Crippen LogP contribution in [0.4, 0.5) is 13.2 Å². The van der Waals surface area contributed by atoms with Crippen LogP contribution in [0.25, 0.3) is 0 Å². The maximum absolute atomic E-state index is 12.9. The highest BCUT2D eigenvalue weighted by Crippen LogP contribution is 2.37. The summed E-state index contributed by atoms with van der Waals surface area (Å²) < 4.78 is 55.6. The molecule has 0 radical (unpaired) electrons. The highest BCUT2D eigenvalue weighted by atomic mass is 35.5. The van der Waals surface area contributed by atoms with E-state index in [9.17, 15) is 13.2 Å². The van der Waals surface area contributed by atoms with Gasteiger partial charge in [0.1, 0.15) is 35.8 Å². The molecule has 0 fully saturated rings. The second-order valence-electron chi connectivity index (χ2n) is 6.94. The van der Waals surface area contributed by atoms with Crippen molar-refractivity contribution in [3.05, 3.63) is 98.0 Å². The van der Waals surface area contributed by atoms with Gasteiger partial charge in [0.2, 0.25) is 0 Å². The molecule has 3 rings (SSSR count). The zero-order chi connectivity index (χ0) is 24.7. The van der Waals surface area contributed by atoms with Crippen LogP contribution in [0.15, 0.2) is 71.2 Å². The number of ether oxygens (including phenoxy) is 3. The van der Waals surface area contributed by atoms with Gasteiger partial charge in [0.15, 0.2) is 5.75 Å². The smallest absolute Gasteiger partial charge is 0.416 e. The average Bonchev–Trinajstić information content (AvgIpc) is 2.77. The molecule has 0 aromatic heterocycles. The number of halogens is 7. The van der Waals surface area contributed by atoms with Crippen LogP contribution in [-0.2, 0) is 19.4 Å². The van der Waals surface area contributed by atoms with E-state index in [0.717, 1.165) is 17.7 Å². The van der Waals surface area contributed by atoms with Gasteiger partial charge in [-0.3, -0.25) is 0 Å². The maximum atomic E-state index is 12.9. The molecule has 3 aromatic carbocycles. The van der Waals surface area contributed by atoms with E-state index in [1.807, 2.05) is 0 Å². The molecule has 0 N–H and O–H groups in total. The van der Waals surface area contributed by atoms with Crippen molar-refractivity contribution >= 4 is 46.4 Å². The Bertz CT molecular complexity index is 1140. The van der Waals surface area contributed by atoms with Crippen molar-refractivity contribution in [1.29, 1.82) is 0 Å². The molecule has 10 heteroatoms. The van der Waals surface area contributed by atoms with Crippen LogP contribution < -0.4 is 14.2 Å². The third-order valence-corrected chi connectivity index (χ3v) is 5.27. The fourth-order valence-corrected chi connectivity index (χ4v) is 3.55. The quantitative estimate of drug-likeness (QED) is 0.266. The van der Waals surface area contributed by atoms with Crippen LogP contribution in [-0.4, -0.2) is 6.61 Å². The summed E-state index contributed by atoms with van der Waals surface area (Å²) in [6, 6.07) is 15.1. The van der Waals surface area contributed by atoms with Gasteiger partial charge in [0.25, 0.3) is 0 Å². The highest BCUT2D eigenvalue weighted by Gasteiger charge is 2.30. The molecule has 0 bridgehead atoms. The SMILES string of the molecule is FC(F)(F)c1cccc(COc2cccc(COc3c(Cl)cc(OCC=C(Cl)Cl)cc3Cl)c2)c1. The summed E-state index contributed by atoms with van der Waals surface area (Å²) in [6.07, 6.45) is -2.94. The van der Waals surface area contributed by atoms with Gasteiger partial charge in [-0.2, -0.15) is 13.2 Å². The molecule has 180 valence electrons. The Balaban J connectivity index is 1.61. The van der Waals surface area contributed by atoms with E-state index in [1.165, 1.54) is 12.1 Å². The second-order valence-corrected chi connectivity index (χ2v) is 8.77. The summed E-state index contributed by atoms with van der Waals surface area (Å²) in [5, 5.41) is 0.501. The number of rotatable bonds is 9. The third kappa shape index (κ3) is 7.91. The van der Waals surface area contributed by atoms with Crippen molar-refractivity contribution in [2.24, 2.45) is 0 Å². The third-order valence-electron chi connectivity index (χ3n) is 4.40. The lowest BCUT2D eigenvalue weighted by atomic mass is 10.1. The molecule has 0 spiro atoms. The minimum absolute atomic E-state index is 0.0164. The van der Waals surface area contributed by atoms with E-state index < -0.39 is 11.7 Å². The van der Waals surface area contributed by atoms with E-state index in [4.69, 9.17) is 60.6 Å². The summed E-state index contributed by atoms with van der Waals surface area (Å²) in [7, 11) is 0. The Morgan fingerprint density at radius 3 is 2.03 bits per heavy atom. The van der Waals surface area contributed by atoms with E-state index >= 15 is 0 Å². The summed E-state index contributed by atoms with van der Waals surface area (Å²) in [6.45, 7) is 0.255. The first-order chi connectivity index (χ1) is 16.1. The first kappa shape index (κ1) is 26.4. The first-order valence-corrected chi connectivity index (χ1v) is 11.3. The number of hydrogen-bond acceptors (Lipinski definition) is 3. The summed E-state index contributed by atoms with van der Waals surface area (Å²) in [5.74, 6) is 1.17. The molecule has 0 aliphatic carbocycles. The first-order valence-electron chi connectivity index (χ1n) is 9.75. The van der Waals surface area contributed by atoms with Gasteiger partial charge in [-0.15, -0.1) is 0 Å². The van der Waals surface area contributed by atoms with Crippen molar-refractivity contribution in [3.8, 4) is 17.2 Å². The maximum Gasteiger partial charge on any atom is 0.416 e. The number of hydrogen-bond donors (Lipinski definition) is 0. The Morgan fingerprint density at radius 2 is 1.38 bits per heavy atom. The molecule has 0 saturated heterocycles. The molecule has 0 aliphatic rings. The van der Waals surface area contributed by atoms with Gasteiger partial charge in [-0.05, 0) is 41.5 Å². The lowest BCUT2D eigenvalue weighted by Crippen LogP contribution is -2.06. The van der Waals surface area contributed by atoms with Crippen molar-refractivity contribution in [1.82, 2.24) is 0 Å². The monoisotopic (exact) mass is 550 g/mol. The van der Waals surface area contributed by atoms with E-state index in [1.54, 1.807) is 42.5 Å². The molecule has 0 aliphatic heterocycles. The Kier molecular flexibility index (Phi) is 9.25. The Morgan fingerprint density at radius 1 is 0.765 bits per heavy atom.